The van der Waals surface area contributed by atoms with Gasteiger partial charge in [-0.1, -0.05) is 17.7 Å². The Morgan fingerprint density at radius 3 is 1.73 bits per heavy atom. The van der Waals surface area contributed by atoms with E-state index in [0.29, 0.717) is 0 Å². The van der Waals surface area contributed by atoms with Crippen molar-refractivity contribution < 1.29 is 72.8 Å². The first kappa shape index (κ1) is 15.7. The molecule has 8 heteroatoms. The molecular weight excluding hydrogens is 267 g/mol. The van der Waals surface area contributed by atoms with E-state index in [1.807, 2.05) is 0 Å². The third-order valence-corrected chi connectivity index (χ3v) is 5.16. The van der Waals surface area contributed by atoms with Crippen molar-refractivity contribution in [1.82, 2.24) is 0 Å². The average molecular weight is 274 g/mol. The van der Waals surface area contributed by atoms with Crippen molar-refractivity contribution in [3.05, 3.63) is 29.8 Å². The summed E-state index contributed by atoms with van der Waals surface area (Å²) in [5, 5.41) is 0. The van der Waals surface area contributed by atoms with E-state index in [1.54, 1.807) is 6.92 Å². The second-order valence-electron chi connectivity index (χ2n) is 2.68. The quantitative estimate of drug-likeness (QED) is 0.331. The molecule has 0 saturated carbocycles. The summed E-state index contributed by atoms with van der Waals surface area (Å²) in [6.07, 6.45) is 0. The number of benzene rings is 1. The van der Waals surface area contributed by atoms with E-state index in [-0.39, 0.29) is 51.4 Å². The molecule has 5 nitrogen and oxygen atoms in total. The standard InChI is InChI=1S/C7H8O5S2.K/c1-6-2-4-7(5-3-6)13(8,9)14(10,11)12;/h2-5H,1H3,(H,10,11,12);/q;+1/p-1. The molecule has 0 saturated heterocycles. The van der Waals surface area contributed by atoms with Crippen molar-refractivity contribution >= 4 is 18.0 Å². The van der Waals surface area contributed by atoms with E-state index in [1.165, 1.54) is 12.1 Å². The largest absolute Gasteiger partial charge is 1.00 e. The first-order valence-electron chi connectivity index (χ1n) is 3.53. The SMILES string of the molecule is Cc1ccc(S(=O)(=O)S(=O)(=O)[O-])cc1.[K+]. The zero-order valence-corrected chi connectivity index (χ0v) is 12.9. The second kappa shape index (κ2) is 5.37. The summed E-state index contributed by atoms with van der Waals surface area (Å²) in [6, 6.07) is 5.00. The molecule has 0 atom stereocenters. The van der Waals surface area contributed by atoms with Crippen LogP contribution < -0.4 is 51.4 Å². The van der Waals surface area contributed by atoms with Gasteiger partial charge in [-0.15, -0.1) is 0 Å². The van der Waals surface area contributed by atoms with Crippen molar-refractivity contribution in [2.24, 2.45) is 0 Å². The van der Waals surface area contributed by atoms with Crippen LogP contribution in [0.3, 0.4) is 0 Å². The molecule has 1 aromatic carbocycles. The van der Waals surface area contributed by atoms with E-state index in [2.05, 4.69) is 0 Å². The monoisotopic (exact) mass is 274 g/mol. The molecule has 0 amide bonds. The fourth-order valence-electron chi connectivity index (χ4n) is 0.823. The third-order valence-electron chi connectivity index (χ3n) is 1.58. The molecule has 0 aliphatic heterocycles. The summed E-state index contributed by atoms with van der Waals surface area (Å²) < 4.78 is 53.3. The molecule has 0 fully saturated rings. The molecule has 0 N–H and O–H groups in total. The normalized spacial score (nSPS) is 11.9. The molecule has 0 bridgehead atoms. The first-order valence-corrected chi connectivity index (χ1v) is 6.93. The van der Waals surface area contributed by atoms with Gasteiger partial charge in [0, 0.05) is 0 Å². The van der Waals surface area contributed by atoms with Crippen molar-refractivity contribution in [2.75, 3.05) is 0 Å². The van der Waals surface area contributed by atoms with Crippen LogP contribution in [-0.4, -0.2) is 21.4 Å². The Labute approximate surface area is 130 Å². The van der Waals surface area contributed by atoms with Crippen LogP contribution in [0.5, 0.6) is 0 Å². The van der Waals surface area contributed by atoms with Crippen molar-refractivity contribution in [2.45, 2.75) is 11.8 Å². The zero-order chi connectivity index (χ0) is 11.0. The molecule has 0 aliphatic rings. The van der Waals surface area contributed by atoms with Crippen LogP contribution in [0.4, 0.5) is 0 Å². The third kappa shape index (κ3) is 3.60. The smallest absolute Gasteiger partial charge is 0.735 e. The van der Waals surface area contributed by atoms with E-state index < -0.39 is 22.9 Å². The van der Waals surface area contributed by atoms with Gasteiger partial charge in [-0.2, -0.15) is 0 Å². The molecule has 1 rings (SSSR count). The fourth-order valence-corrected chi connectivity index (χ4v) is 2.57. The van der Waals surface area contributed by atoms with Gasteiger partial charge < -0.3 is 4.55 Å². The topological polar surface area (TPSA) is 91.3 Å². The van der Waals surface area contributed by atoms with Crippen molar-refractivity contribution in [3.8, 4) is 0 Å². The molecule has 0 radical (unpaired) electrons. The Hall–Kier alpha value is 0.716. The Morgan fingerprint density at radius 1 is 1.00 bits per heavy atom. The van der Waals surface area contributed by atoms with E-state index in [9.17, 15) is 21.4 Å². The van der Waals surface area contributed by atoms with Gasteiger partial charge in [-0.3, -0.25) is 0 Å². The number of hydrogen-bond acceptors (Lipinski definition) is 5. The number of aryl methyl sites for hydroxylation is 1. The number of hydrogen-bond donors (Lipinski definition) is 0. The van der Waals surface area contributed by atoms with Gasteiger partial charge in [-0.25, -0.2) is 16.8 Å². The van der Waals surface area contributed by atoms with Gasteiger partial charge in [0.15, 0.2) is 0 Å². The van der Waals surface area contributed by atoms with Crippen molar-refractivity contribution in [3.63, 3.8) is 0 Å². The van der Waals surface area contributed by atoms with Gasteiger partial charge >= 0.3 is 51.4 Å². The summed E-state index contributed by atoms with van der Waals surface area (Å²) in [5.41, 5.74) is 0.771. The van der Waals surface area contributed by atoms with Gasteiger partial charge in [0.1, 0.15) is 0 Å². The summed E-state index contributed by atoms with van der Waals surface area (Å²) in [6.45, 7) is 1.71. The first-order chi connectivity index (χ1) is 6.25. The summed E-state index contributed by atoms with van der Waals surface area (Å²) in [4.78, 5) is -0.502. The number of rotatable bonds is 2. The van der Waals surface area contributed by atoms with Crippen LogP contribution in [0.15, 0.2) is 29.2 Å². The predicted octanol–water partition coefficient (Wildman–Crippen LogP) is -2.77. The minimum atomic E-state index is -5.35. The minimum Gasteiger partial charge on any atom is -0.735 e. The van der Waals surface area contributed by atoms with Crippen LogP contribution >= 0.6 is 0 Å². The molecule has 1 aromatic rings. The molecule has 0 unspecified atom stereocenters. The summed E-state index contributed by atoms with van der Waals surface area (Å²) in [7, 11) is -10.1. The van der Waals surface area contributed by atoms with E-state index in [4.69, 9.17) is 0 Å². The van der Waals surface area contributed by atoms with Crippen LogP contribution in [0, 0.1) is 6.92 Å². The molecular formula is C7H7KO5S2. The van der Waals surface area contributed by atoms with E-state index in [0.717, 1.165) is 17.7 Å². The average Bonchev–Trinajstić information content (AvgIpc) is 2.03. The molecule has 78 valence electrons. The molecule has 0 heterocycles. The molecule has 0 aliphatic carbocycles. The van der Waals surface area contributed by atoms with Gasteiger partial charge in [-0.05, 0) is 19.1 Å². The maximum absolute atomic E-state index is 11.1. The van der Waals surface area contributed by atoms with Gasteiger partial charge in [0.25, 0.3) is 8.87 Å². The van der Waals surface area contributed by atoms with Crippen molar-refractivity contribution in [1.29, 1.82) is 0 Å². The Bertz CT molecular complexity index is 529. The maximum Gasteiger partial charge on any atom is 1.00 e. The summed E-state index contributed by atoms with van der Waals surface area (Å²) in [5.74, 6) is 0. The van der Waals surface area contributed by atoms with Crippen LogP contribution in [0.1, 0.15) is 5.56 Å². The predicted molar refractivity (Wildman–Crippen MR) is 48.1 cm³/mol. The molecule has 15 heavy (non-hydrogen) atoms. The Balaban J connectivity index is 0.00000196. The molecule has 0 aromatic heterocycles. The van der Waals surface area contributed by atoms with E-state index >= 15 is 0 Å². The van der Waals surface area contributed by atoms with Gasteiger partial charge in [0.2, 0.25) is 9.15 Å². The minimum absolute atomic E-state index is 0. The van der Waals surface area contributed by atoms with Crippen LogP contribution in [0.25, 0.3) is 0 Å². The fraction of sp³-hybridized carbons (Fsp3) is 0.143. The molecule has 0 spiro atoms. The zero-order valence-electron chi connectivity index (χ0n) is 8.17. The van der Waals surface area contributed by atoms with Gasteiger partial charge in [0.05, 0.1) is 4.90 Å². The maximum atomic E-state index is 11.1. The summed E-state index contributed by atoms with van der Waals surface area (Å²) >= 11 is 0. The van der Waals surface area contributed by atoms with Crippen LogP contribution in [-0.2, 0) is 18.0 Å². The Morgan fingerprint density at radius 2 is 1.40 bits per heavy atom. The second-order valence-corrected chi connectivity index (χ2v) is 7.41. The Kier molecular flexibility index (Phi) is 5.62. The van der Waals surface area contributed by atoms with Crippen LogP contribution in [0.2, 0.25) is 0 Å².